The van der Waals surface area contributed by atoms with Crippen molar-refractivity contribution >= 4 is 40.1 Å². The average Bonchev–Trinajstić information content (AvgIpc) is 3.37. The largest absolute Gasteiger partial charge is 0.467 e. The first kappa shape index (κ1) is 22.7. The van der Waals surface area contributed by atoms with E-state index in [9.17, 15) is 18.4 Å². The molecule has 4 rings (SSSR count). The monoisotopic (exact) mass is 469 g/mol. The first-order chi connectivity index (χ1) is 15.8. The normalized spacial score (nSPS) is 17.1. The predicted octanol–water partition coefficient (Wildman–Crippen LogP) is 5.34. The van der Waals surface area contributed by atoms with Crippen LogP contribution in [0.4, 0.5) is 20.2 Å². The number of rotatable bonds is 6. The van der Waals surface area contributed by atoms with Crippen LogP contribution in [0.1, 0.15) is 23.3 Å². The smallest absolute Gasteiger partial charge is 0.243 e. The molecule has 0 saturated carbocycles. The molecule has 1 aliphatic rings. The van der Waals surface area contributed by atoms with Crippen LogP contribution in [0.2, 0.25) is 0 Å². The molecule has 1 N–H and O–H groups in total. The van der Waals surface area contributed by atoms with Gasteiger partial charge in [-0.05, 0) is 55.3 Å². The first-order valence-electron chi connectivity index (χ1n) is 10.2. The molecule has 1 aromatic heterocycles. The molecule has 6 nitrogen and oxygen atoms in total. The highest BCUT2D eigenvalue weighted by atomic mass is 32.2. The van der Waals surface area contributed by atoms with E-state index in [-0.39, 0.29) is 24.6 Å². The Morgan fingerprint density at radius 3 is 2.73 bits per heavy atom. The van der Waals surface area contributed by atoms with Crippen molar-refractivity contribution in [1.29, 1.82) is 0 Å². The molecule has 9 heteroatoms. The van der Waals surface area contributed by atoms with Crippen LogP contribution in [-0.2, 0) is 16.1 Å². The van der Waals surface area contributed by atoms with E-state index in [1.54, 1.807) is 12.1 Å². The van der Waals surface area contributed by atoms with Crippen LogP contribution in [0.5, 0.6) is 0 Å². The highest BCUT2D eigenvalue weighted by molar-refractivity contribution is 8.15. The Morgan fingerprint density at radius 1 is 1.18 bits per heavy atom. The Hall–Kier alpha value is -3.46. The number of nitrogens with one attached hydrogen (secondary N) is 1. The number of hydrogen-bond acceptors (Lipinski definition) is 5. The van der Waals surface area contributed by atoms with Crippen molar-refractivity contribution in [2.75, 3.05) is 5.32 Å². The van der Waals surface area contributed by atoms with Gasteiger partial charge in [-0.25, -0.2) is 13.8 Å². The number of aryl methyl sites for hydroxylation is 2. The number of nitrogens with zero attached hydrogens (tertiary/aromatic N) is 2. The van der Waals surface area contributed by atoms with Crippen molar-refractivity contribution < 1.29 is 22.8 Å². The fourth-order valence-electron chi connectivity index (χ4n) is 3.33. The van der Waals surface area contributed by atoms with Crippen LogP contribution in [-0.4, -0.2) is 27.1 Å². The van der Waals surface area contributed by atoms with Gasteiger partial charge >= 0.3 is 0 Å². The Kier molecular flexibility index (Phi) is 6.60. The lowest BCUT2D eigenvalue weighted by Crippen LogP contribution is -2.33. The van der Waals surface area contributed by atoms with Crippen LogP contribution in [0.15, 0.2) is 64.2 Å². The van der Waals surface area contributed by atoms with Gasteiger partial charge in [0.15, 0.2) is 5.17 Å². The molecule has 2 heterocycles. The number of furan rings is 1. The molecule has 1 atom stereocenters. The number of amides is 2. The van der Waals surface area contributed by atoms with Crippen molar-refractivity contribution in [1.82, 2.24) is 4.90 Å². The molecular weight excluding hydrogens is 448 g/mol. The molecular formula is C24H21F2N3O3S. The second kappa shape index (κ2) is 9.58. The number of halogens is 2. The van der Waals surface area contributed by atoms with Crippen LogP contribution < -0.4 is 5.32 Å². The zero-order valence-corrected chi connectivity index (χ0v) is 18.8. The zero-order chi connectivity index (χ0) is 23.5. The summed E-state index contributed by atoms with van der Waals surface area (Å²) in [4.78, 5) is 31.9. The lowest BCUT2D eigenvalue weighted by Gasteiger charge is -2.15. The van der Waals surface area contributed by atoms with Crippen molar-refractivity contribution in [2.24, 2.45) is 4.99 Å². The summed E-state index contributed by atoms with van der Waals surface area (Å²) in [5, 5.41) is 2.11. The molecule has 3 aromatic rings. The number of thioether (sulfide) groups is 1. The molecule has 0 radical (unpaired) electrons. The quantitative estimate of drug-likeness (QED) is 0.529. The minimum Gasteiger partial charge on any atom is -0.467 e. The zero-order valence-electron chi connectivity index (χ0n) is 18.0. The standard InChI is InChI=1S/C24H21F2N3O3S/c1-14-5-6-15(2)20(10-14)28-24-29(13-17-4-3-9-32-17)23(31)21(33-24)12-22(30)27-19-8-7-16(25)11-18(19)26/h3-11,21H,12-13H2,1-2H3,(H,27,30). The third-order valence-electron chi connectivity index (χ3n) is 5.07. The Balaban J connectivity index is 1.56. The second-order valence-corrected chi connectivity index (χ2v) is 8.84. The highest BCUT2D eigenvalue weighted by Gasteiger charge is 2.39. The molecule has 170 valence electrons. The van der Waals surface area contributed by atoms with E-state index in [1.165, 1.54) is 22.9 Å². The van der Waals surface area contributed by atoms with Crippen LogP contribution >= 0.6 is 11.8 Å². The summed E-state index contributed by atoms with van der Waals surface area (Å²) < 4.78 is 32.4. The van der Waals surface area contributed by atoms with E-state index in [4.69, 9.17) is 9.41 Å². The number of benzene rings is 2. The van der Waals surface area contributed by atoms with E-state index in [0.29, 0.717) is 17.0 Å². The number of anilines is 1. The first-order valence-corrected chi connectivity index (χ1v) is 11.1. The van der Waals surface area contributed by atoms with E-state index < -0.39 is 22.8 Å². The van der Waals surface area contributed by atoms with Gasteiger partial charge in [0, 0.05) is 12.5 Å². The van der Waals surface area contributed by atoms with Crippen molar-refractivity contribution in [3.05, 3.63) is 83.3 Å². The van der Waals surface area contributed by atoms with E-state index in [1.807, 2.05) is 32.0 Å². The summed E-state index contributed by atoms with van der Waals surface area (Å²) in [7, 11) is 0. The predicted molar refractivity (Wildman–Crippen MR) is 123 cm³/mol. The Labute approximate surface area is 193 Å². The molecule has 0 aliphatic carbocycles. The molecule has 1 aliphatic heterocycles. The highest BCUT2D eigenvalue weighted by Crippen LogP contribution is 2.34. The number of carbonyl (C=O) groups excluding carboxylic acids is 2. The summed E-state index contributed by atoms with van der Waals surface area (Å²) in [6.45, 7) is 4.06. The van der Waals surface area contributed by atoms with Gasteiger partial charge in [-0.3, -0.25) is 14.5 Å². The van der Waals surface area contributed by atoms with Crippen molar-refractivity contribution in [3.8, 4) is 0 Å². The minimum atomic E-state index is -0.884. The van der Waals surface area contributed by atoms with Gasteiger partial charge in [0.25, 0.3) is 0 Å². The van der Waals surface area contributed by atoms with E-state index in [0.717, 1.165) is 28.9 Å². The van der Waals surface area contributed by atoms with Gasteiger partial charge < -0.3 is 9.73 Å². The third-order valence-corrected chi connectivity index (χ3v) is 6.25. The summed E-state index contributed by atoms with van der Waals surface area (Å²) >= 11 is 1.17. The van der Waals surface area contributed by atoms with Gasteiger partial charge in [-0.1, -0.05) is 23.9 Å². The summed E-state index contributed by atoms with van der Waals surface area (Å²) in [5.41, 5.74) is 2.57. The topological polar surface area (TPSA) is 74.9 Å². The van der Waals surface area contributed by atoms with Gasteiger partial charge in [-0.15, -0.1) is 0 Å². The minimum absolute atomic E-state index is 0.145. The van der Waals surface area contributed by atoms with E-state index >= 15 is 0 Å². The number of amidine groups is 1. The van der Waals surface area contributed by atoms with Gasteiger partial charge in [0.2, 0.25) is 11.8 Å². The van der Waals surface area contributed by atoms with Gasteiger partial charge in [0.05, 0.1) is 24.2 Å². The summed E-state index contributed by atoms with van der Waals surface area (Å²) in [5.74, 6) is -1.90. The average molecular weight is 470 g/mol. The molecule has 1 saturated heterocycles. The number of carbonyl (C=O) groups is 2. The van der Waals surface area contributed by atoms with Crippen LogP contribution in [0.25, 0.3) is 0 Å². The van der Waals surface area contributed by atoms with Gasteiger partial charge in [-0.2, -0.15) is 0 Å². The molecule has 2 aromatic carbocycles. The second-order valence-electron chi connectivity index (χ2n) is 7.67. The summed E-state index contributed by atoms with van der Waals surface area (Å²) in [6, 6.07) is 12.2. The fraction of sp³-hybridized carbons (Fsp3) is 0.208. The lowest BCUT2D eigenvalue weighted by molar-refractivity contribution is -0.128. The molecule has 0 bridgehead atoms. The summed E-state index contributed by atoms with van der Waals surface area (Å²) in [6.07, 6.45) is 1.33. The molecule has 1 unspecified atom stereocenters. The van der Waals surface area contributed by atoms with Crippen molar-refractivity contribution in [3.63, 3.8) is 0 Å². The van der Waals surface area contributed by atoms with Crippen LogP contribution in [0.3, 0.4) is 0 Å². The molecule has 2 amide bonds. The molecule has 33 heavy (non-hydrogen) atoms. The number of hydrogen-bond donors (Lipinski definition) is 1. The van der Waals surface area contributed by atoms with Crippen LogP contribution in [0, 0.1) is 25.5 Å². The third kappa shape index (κ3) is 5.31. The maximum atomic E-state index is 13.9. The lowest BCUT2D eigenvalue weighted by atomic mass is 10.1. The fourth-order valence-corrected chi connectivity index (χ4v) is 4.48. The number of aliphatic imine (C=N–C) groups is 1. The maximum absolute atomic E-state index is 13.9. The van der Waals surface area contributed by atoms with E-state index in [2.05, 4.69) is 5.32 Å². The molecule has 0 spiro atoms. The maximum Gasteiger partial charge on any atom is 0.243 e. The SMILES string of the molecule is Cc1ccc(C)c(N=C2SC(CC(=O)Nc3ccc(F)cc3F)C(=O)N2Cc2ccco2)c1. The Morgan fingerprint density at radius 2 is 2.00 bits per heavy atom. The van der Waals surface area contributed by atoms with Gasteiger partial charge in [0.1, 0.15) is 22.6 Å². The molecule has 1 fully saturated rings. The Bertz CT molecular complexity index is 1230. The van der Waals surface area contributed by atoms with Crippen molar-refractivity contribution in [2.45, 2.75) is 32.1 Å².